The number of aromatic nitrogens is 1. The maximum Gasteiger partial charge on any atom is 0.0736 e. The lowest BCUT2D eigenvalue weighted by molar-refractivity contribution is 0.861. The van der Waals surface area contributed by atoms with Gasteiger partial charge in [0.2, 0.25) is 0 Å². The van der Waals surface area contributed by atoms with Gasteiger partial charge in [-0.1, -0.05) is 48.0 Å². The minimum absolute atomic E-state index is 0.493. The Labute approximate surface area is 105 Å². The first-order valence-electron chi connectivity index (χ1n) is 5.39. The average Bonchev–Trinajstić information content (AvgIpc) is 2.30. The fourth-order valence-electron chi connectivity index (χ4n) is 1.73. The van der Waals surface area contributed by atoms with Crippen molar-refractivity contribution < 1.29 is 0 Å². The molecular weight excluding hydrogens is 262 g/mol. The van der Waals surface area contributed by atoms with Crippen LogP contribution in [0.15, 0.2) is 47.1 Å². The van der Waals surface area contributed by atoms with E-state index >= 15 is 0 Å². The van der Waals surface area contributed by atoms with Gasteiger partial charge >= 0.3 is 0 Å². The molecule has 1 heterocycles. The van der Waals surface area contributed by atoms with E-state index in [1.807, 2.05) is 24.4 Å². The van der Waals surface area contributed by atoms with Gasteiger partial charge in [-0.15, -0.1) is 0 Å². The summed E-state index contributed by atoms with van der Waals surface area (Å²) in [6.07, 6.45) is 1.85. The maximum atomic E-state index is 4.48. The Kier molecular flexibility index (Phi) is 3.39. The largest absolute Gasteiger partial charge is 0.256 e. The van der Waals surface area contributed by atoms with E-state index in [2.05, 4.69) is 53.0 Å². The van der Waals surface area contributed by atoms with Crippen molar-refractivity contribution >= 4 is 15.9 Å². The van der Waals surface area contributed by atoms with E-state index in [-0.39, 0.29) is 0 Å². The number of hydrogen-bond acceptors (Lipinski definition) is 1. The number of benzene rings is 1. The highest BCUT2D eigenvalue weighted by Crippen LogP contribution is 2.27. The highest BCUT2D eigenvalue weighted by atomic mass is 79.9. The zero-order chi connectivity index (χ0) is 11.5. The summed E-state index contributed by atoms with van der Waals surface area (Å²) in [7, 11) is 0. The number of pyridine rings is 1. The molecule has 82 valence electrons. The summed E-state index contributed by atoms with van der Waals surface area (Å²) in [6.45, 7) is 4.39. The van der Waals surface area contributed by atoms with Crippen LogP contribution in [0.5, 0.6) is 0 Å². The molecule has 0 aliphatic rings. The Morgan fingerprint density at radius 2 is 1.75 bits per heavy atom. The first-order chi connectivity index (χ1) is 7.68. The third kappa shape index (κ3) is 2.33. The molecule has 0 amide bonds. The second kappa shape index (κ2) is 4.79. The van der Waals surface area contributed by atoms with E-state index in [0.717, 1.165) is 10.2 Å². The SMILES string of the molecule is CC(C)c1cccnc1-c1ccc(Br)cc1. The predicted octanol–water partition coefficient (Wildman–Crippen LogP) is 4.63. The number of nitrogens with zero attached hydrogens (tertiary/aromatic N) is 1. The van der Waals surface area contributed by atoms with Crippen LogP contribution >= 0.6 is 15.9 Å². The molecule has 0 atom stereocenters. The van der Waals surface area contributed by atoms with Crippen LogP contribution in [-0.2, 0) is 0 Å². The predicted molar refractivity (Wildman–Crippen MR) is 71.5 cm³/mol. The molecule has 0 radical (unpaired) electrons. The van der Waals surface area contributed by atoms with E-state index in [1.54, 1.807) is 0 Å². The van der Waals surface area contributed by atoms with E-state index in [1.165, 1.54) is 11.1 Å². The molecular formula is C14H14BrN. The van der Waals surface area contributed by atoms with Crippen LogP contribution < -0.4 is 0 Å². The lowest BCUT2D eigenvalue weighted by Gasteiger charge is -2.11. The molecule has 2 heteroatoms. The molecule has 0 N–H and O–H groups in total. The minimum atomic E-state index is 0.493. The van der Waals surface area contributed by atoms with Gasteiger partial charge in [0.05, 0.1) is 5.69 Å². The second-order valence-corrected chi connectivity index (χ2v) is 5.02. The van der Waals surface area contributed by atoms with E-state index < -0.39 is 0 Å². The number of hydrogen-bond donors (Lipinski definition) is 0. The Morgan fingerprint density at radius 1 is 1.06 bits per heavy atom. The summed E-state index contributed by atoms with van der Waals surface area (Å²) in [5, 5.41) is 0. The molecule has 0 spiro atoms. The quantitative estimate of drug-likeness (QED) is 0.779. The molecule has 0 saturated heterocycles. The second-order valence-electron chi connectivity index (χ2n) is 4.10. The lowest BCUT2D eigenvalue weighted by atomic mass is 9.97. The summed E-state index contributed by atoms with van der Waals surface area (Å²) in [5.41, 5.74) is 3.56. The van der Waals surface area contributed by atoms with E-state index in [9.17, 15) is 0 Å². The molecule has 1 aromatic heterocycles. The van der Waals surface area contributed by atoms with Crippen molar-refractivity contribution in [3.63, 3.8) is 0 Å². The highest BCUT2D eigenvalue weighted by Gasteiger charge is 2.08. The highest BCUT2D eigenvalue weighted by molar-refractivity contribution is 9.10. The minimum Gasteiger partial charge on any atom is -0.256 e. The monoisotopic (exact) mass is 275 g/mol. The molecule has 0 bridgehead atoms. The third-order valence-corrected chi connectivity index (χ3v) is 3.11. The van der Waals surface area contributed by atoms with Crippen LogP contribution in [0.4, 0.5) is 0 Å². The molecule has 0 saturated carbocycles. The Balaban J connectivity index is 2.51. The molecule has 0 fully saturated rings. The normalized spacial score (nSPS) is 10.8. The van der Waals surface area contributed by atoms with Crippen LogP contribution in [0.1, 0.15) is 25.3 Å². The van der Waals surface area contributed by atoms with Crippen LogP contribution in [0.25, 0.3) is 11.3 Å². The molecule has 16 heavy (non-hydrogen) atoms. The van der Waals surface area contributed by atoms with Gasteiger partial charge < -0.3 is 0 Å². The summed E-state index contributed by atoms with van der Waals surface area (Å²) in [4.78, 5) is 4.48. The zero-order valence-corrected chi connectivity index (χ0v) is 11.0. The van der Waals surface area contributed by atoms with Crippen molar-refractivity contribution in [2.24, 2.45) is 0 Å². The van der Waals surface area contributed by atoms with E-state index in [4.69, 9.17) is 0 Å². The van der Waals surface area contributed by atoms with Crippen LogP contribution in [0.2, 0.25) is 0 Å². The maximum absolute atomic E-state index is 4.48. The Hall–Kier alpha value is -1.15. The van der Waals surface area contributed by atoms with Crippen molar-refractivity contribution in [2.75, 3.05) is 0 Å². The molecule has 0 aliphatic carbocycles. The topological polar surface area (TPSA) is 12.9 Å². The summed E-state index contributed by atoms with van der Waals surface area (Å²) in [6, 6.07) is 12.4. The van der Waals surface area contributed by atoms with Crippen LogP contribution in [0, 0.1) is 0 Å². The van der Waals surface area contributed by atoms with Crippen molar-refractivity contribution in [3.8, 4) is 11.3 Å². The molecule has 1 aromatic carbocycles. The van der Waals surface area contributed by atoms with Gasteiger partial charge in [-0.25, -0.2) is 0 Å². The Bertz CT molecular complexity index is 474. The van der Waals surface area contributed by atoms with Crippen LogP contribution in [0.3, 0.4) is 0 Å². The van der Waals surface area contributed by atoms with Crippen molar-refractivity contribution in [3.05, 3.63) is 52.6 Å². The fraction of sp³-hybridized carbons (Fsp3) is 0.214. The van der Waals surface area contributed by atoms with Gasteiger partial charge in [-0.05, 0) is 29.7 Å². The summed E-state index contributed by atoms with van der Waals surface area (Å²) in [5.74, 6) is 0.493. The van der Waals surface area contributed by atoms with Crippen molar-refractivity contribution in [1.29, 1.82) is 0 Å². The molecule has 2 rings (SSSR count). The first-order valence-corrected chi connectivity index (χ1v) is 6.18. The van der Waals surface area contributed by atoms with Gasteiger partial charge in [0.15, 0.2) is 0 Å². The van der Waals surface area contributed by atoms with Gasteiger partial charge in [0, 0.05) is 16.2 Å². The molecule has 0 unspecified atom stereocenters. The lowest BCUT2D eigenvalue weighted by Crippen LogP contribution is -1.94. The average molecular weight is 276 g/mol. The van der Waals surface area contributed by atoms with Gasteiger partial charge in [-0.3, -0.25) is 4.98 Å². The van der Waals surface area contributed by atoms with Gasteiger partial charge in [0.1, 0.15) is 0 Å². The molecule has 2 aromatic rings. The fourth-order valence-corrected chi connectivity index (χ4v) is 2.00. The van der Waals surface area contributed by atoms with E-state index in [0.29, 0.717) is 5.92 Å². The van der Waals surface area contributed by atoms with Crippen LogP contribution in [-0.4, -0.2) is 4.98 Å². The number of halogens is 1. The standard InChI is InChI=1S/C14H14BrN/c1-10(2)13-4-3-9-16-14(13)11-5-7-12(15)8-6-11/h3-10H,1-2H3. The zero-order valence-electron chi connectivity index (χ0n) is 9.44. The van der Waals surface area contributed by atoms with Gasteiger partial charge in [-0.2, -0.15) is 0 Å². The molecule has 0 aliphatic heterocycles. The summed E-state index contributed by atoms with van der Waals surface area (Å²) < 4.78 is 1.10. The molecule has 1 nitrogen and oxygen atoms in total. The van der Waals surface area contributed by atoms with Crippen molar-refractivity contribution in [1.82, 2.24) is 4.98 Å². The Morgan fingerprint density at radius 3 is 2.38 bits per heavy atom. The third-order valence-electron chi connectivity index (χ3n) is 2.58. The van der Waals surface area contributed by atoms with Crippen molar-refractivity contribution in [2.45, 2.75) is 19.8 Å². The number of rotatable bonds is 2. The van der Waals surface area contributed by atoms with Gasteiger partial charge in [0.25, 0.3) is 0 Å². The summed E-state index contributed by atoms with van der Waals surface area (Å²) >= 11 is 3.45. The smallest absolute Gasteiger partial charge is 0.0736 e. The first kappa shape index (κ1) is 11.3.